The highest BCUT2D eigenvalue weighted by molar-refractivity contribution is 5.72. The molecule has 0 spiro atoms. The molecule has 0 amide bonds. The molecule has 2 atom stereocenters. The van der Waals surface area contributed by atoms with Crippen LogP contribution in [-0.4, -0.2) is 97.6 Å². The number of rotatable bonds is 49. The molecule has 8 nitrogen and oxygen atoms in total. The molecule has 60 heavy (non-hydrogen) atoms. The van der Waals surface area contributed by atoms with E-state index < -0.39 is 0 Å². The molecule has 0 fully saturated rings. The van der Waals surface area contributed by atoms with E-state index in [1.807, 2.05) is 0 Å². The van der Waals surface area contributed by atoms with Gasteiger partial charge in [-0.15, -0.1) is 0 Å². The number of carbonyl (C=O) groups is 2. The molecule has 0 aliphatic rings. The number of carbonyl (C=O) groups excluding carboxylic acids is 2. The first kappa shape index (κ1) is 58.8. The van der Waals surface area contributed by atoms with Crippen molar-refractivity contribution in [2.45, 2.75) is 246 Å². The van der Waals surface area contributed by atoms with E-state index in [9.17, 15) is 19.8 Å². The molecular weight excluding hydrogens is 749 g/mol. The van der Waals surface area contributed by atoms with E-state index in [-0.39, 0.29) is 37.0 Å². The van der Waals surface area contributed by atoms with Crippen LogP contribution in [0.15, 0.2) is 0 Å². The summed E-state index contributed by atoms with van der Waals surface area (Å²) in [6, 6.07) is 0. The average Bonchev–Trinajstić information content (AvgIpc) is 3.25. The van der Waals surface area contributed by atoms with Gasteiger partial charge < -0.3 is 29.5 Å². The zero-order valence-electron chi connectivity index (χ0n) is 40.7. The Kier molecular flexibility index (Phi) is 46.3. The SMILES string of the molecule is CCCCCCCCC(CCCCCC)C(=O)OCCCCCN(CCCO)CCCCN(CCCO)CCCCCOC(=O)C(CCCCCC)CCCCCCCC. The molecule has 358 valence electrons. The Morgan fingerprint density at radius 1 is 0.350 bits per heavy atom. The topological polar surface area (TPSA) is 99.5 Å². The van der Waals surface area contributed by atoms with Gasteiger partial charge in [0.05, 0.1) is 25.0 Å². The number of hydrogen-bond acceptors (Lipinski definition) is 8. The summed E-state index contributed by atoms with van der Waals surface area (Å²) in [5.74, 6) is 0.212. The number of aliphatic hydroxyl groups is 2. The summed E-state index contributed by atoms with van der Waals surface area (Å²) in [6.45, 7) is 16.4. The lowest BCUT2D eigenvalue weighted by Crippen LogP contribution is -2.30. The smallest absolute Gasteiger partial charge is 0.308 e. The van der Waals surface area contributed by atoms with Gasteiger partial charge in [0.2, 0.25) is 0 Å². The van der Waals surface area contributed by atoms with E-state index in [2.05, 4.69) is 37.5 Å². The molecule has 0 aromatic heterocycles. The number of nitrogens with zero attached hydrogens (tertiary/aromatic N) is 2. The minimum atomic E-state index is 0.0361. The first-order chi connectivity index (χ1) is 29.5. The van der Waals surface area contributed by atoms with Crippen LogP contribution in [0.2, 0.25) is 0 Å². The summed E-state index contributed by atoms with van der Waals surface area (Å²) in [4.78, 5) is 31.1. The van der Waals surface area contributed by atoms with Crippen molar-refractivity contribution in [1.29, 1.82) is 0 Å². The fraction of sp³-hybridized carbons (Fsp3) is 0.962. The quantitative estimate of drug-likeness (QED) is 0.0461. The van der Waals surface area contributed by atoms with Crippen LogP contribution in [0.25, 0.3) is 0 Å². The highest BCUT2D eigenvalue weighted by atomic mass is 16.5. The minimum absolute atomic E-state index is 0.0361. The van der Waals surface area contributed by atoms with Gasteiger partial charge in [0.15, 0.2) is 0 Å². The van der Waals surface area contributed by atoms with Crippen molar-refractivity contribution < 1.29 is 29.3 Å². The van der Waals surface area contributed by atoms with E-state index in [4.69, 9.17) is 9.47 Å². The van der Waals surface area contributed by atoms with Gasteiger partial charge in [0, 0.05) is 26.3 Å². The molecule has 0 radical (unpaired) electrons. The summed E-state index contributed by atoms with van der Waals surface area (Å²) in [5.41, 5.74) is 0. The molecule has 2 N–H and O–H groups in total. The van der Waals surface area contributed by atoms with Crippen molar-refractivity contribution in [2.75, 3.05) is 65.7 Å². The molecule has 0 saturated heterocycles. The monoisotopic (exact) mass is 853 g/mol. The van der Waals surface area contributed by atoms with Gasteiger partial charge in [-0.3, -0.25) is 9.59 Å². The predicted molar refractivity (Wildman–Crippen MR) is 256 cm³/mol. The first-order valence-electron chi connectivity index (χ1n) is 26.5. The summed E-state index contributed by atoms with van der Waals surface area (Å²) in [5, 5.41) is 19.1. The second kappa shape index (κ2) is 47.3. The lowest BCUT2D eigenvalue weighted by molar-refractivity contribution is -0.150. The van der Waals surface area contributed by atoms with Crippen LogP contribution in [0, 0.1) is 11.8 Å². The maximum Gasteiger partial charge on any atom is 0.308 e. The van der Waals surface area contributed by atoms with Gasteiger partial charge in [-0.1, -0.05) is 156 Å². The molecule has 0 aliphatic carbocycles. The van der Waals surface area contributed by atoms with Crippen LogP contribution in [0.3, 0.4) is 0 Å². The van der Waals surface area contributed by atoms with Gasteiger partial charge >= 0.3 is 11.9 Å². The number of ether oxygens (including phenoxy) is 2. The second-order valence-electron chi connectivity index (χ2n) is 18.2. The van der Waals surface area contributed by atoms with Crippen LogP contribution in [0.5, 0.6) is 0 Å². The zero-order valence-corrected chi connectivity index (χ0v) is 40.7. The summed E-state index contributed by atoms with van der Waals surface area (Å²) in [6.07, 6.45) is 38.6. The molecule has 0 aromatic carbocycles. The van der Waals surface area contributed by atoms with Crippen LogP contribution in [-0.2, 0) is 19.1 Å². The predicted octanol–water partition coefficient (Wildman–Crippen LogP) is 13.2. The molecule has 0 aromatic rings. The third-order valence-electron chi connectivity index (χ3n) is 12.5. The van der Waals surface area contributed by atoms with Crippen molar-refractivity contribution in [1.82, 2.24) is 9.80 Å². The Morgan fingerprint density at radius 3 is 0.917 bits per heavy atom. The second-order valence-corrected chi connectivity index (χ2v) is 18.2. The van der Waals surface area contributed by atoms with Crippen molar-refractivity contribution in [3.8, 4) is 0 Å². The lowest BCUT2D eigenvalue weighted by atomic mass is 9.94. The van der Waals surface area contributed by atoms with Crippen molar-refractivity contribution in [2.24, 2.45) is 11.8 Å². The van der Waals surface area contributed by atoms with Crippen LogP contribution >= 0.6 is 0 Å². The molecule has 0 bridgehead atoms. The van der Waals surface area contributed by atoms with Crippen LogP contribution in [0.4, 0.5) is 0 Å². The zero-order chi connectivity index (χ0) is 44.0. The van der Waals surface area contributed by atoms with Crippen LogP contribution < -0.4 is 0 Å². The van der Waals surface area contributed by atoms with Gasteiger partial charge in [-0.05, 0) is 116 Å². The molecule has 2 unspecified atom stereocenters. The largest absolute Gasteiger partial charge is 0.465 e. The van der Waals surface area contributed by atoms with E-state index in [0.29, 0.717) is 13.2 Å². The Bertz CT molecular complexity index is 821. The van der Waals surface area contributed by atoms with Crippen LogP contribution in [0.1, 0.15) is 246 Å². The normalized spacial score (nSPS) is 12.7. The molecule has 0 rings (SSSR count). The van der Waals surface area contributed by atoms with Crippen molar-refractivity contribution in [3.05, 3.63) is 0 Å². The Hall–Kier alpha value is -1.22. The Balaban J connectivity index is 4.53. The Labute approximate surface area is 373 Å². The fourth-order valence-corrected chi connectivity index (χ4v) is 8.48. The van der Waals surface area contributed by atoms with Gasteiger partial charge in [-0.2, -0.15) is 0 Å². The van der Waals surface area contributed by atoms with E-state index in [1.54, 1.807) is 0 Å². The third-order valence-corrected chi connectivity index (χ3v) is 12.5. The number of hydrogen-bond donors (Lipinski definition) is 2. The number of aliphatic hydroxyl groups excluding tert-OH is 2. The average molecular weight is 853 g/mol. The molecule has 0 saturated carbocycles. The summed E-state index contributed by atoms with van der Waals surface area (Å²) in [7, 11) is 0. The standard InChI is InChI=1S/C52H104N2O6/c1-5-9-13-17-19-25-37-49(35-23-15-11-7-3)51(57)59-47-31-21-27-39-53(43-33-45-55)41-29-30-42-54(44-34-46-56)40-28-22-32-48-60-52(58)50(36-24-16-12-8-4)38-26-20-18-14-10-6-2/h49-50,55-56H,5-48H2,1-4H3. The number of unbranched alkanes of at least 4 members (excludes halogenated alkanes) is 21. The summed E-state index contributed by atoms with van der Waals surface area (Å²) >= 11 is 0. The maximum atomic E-state index is 13.0. The number of esters is 2. The van der Waals surface area contributed by atoms with E-state index in [0.717, 1.165) is 155 Å². The highest BCUT2D eigenvalue weighted by Crippen LogP contribution is 2.22. The lowest BCUT2D eigenvalue weighted by Gasteiger charge is -2.24. The van der Waals surface area contributed by atoms with Crippen molar-refractivity contribution >= 4 is 11.9 Å². The van der Waals surface area contributed by atoms with Gasteiger partial charge in [0.25, 0.3) is 0 Å². The first-order valence-corrected chi connectivity index (χ1v) is 26.5. The summed E-state index contributed by atoms with van der Waals surface area (Å²) < 4.78 is 11.7. The van der Waals surface area contributed by atoms with E-state index >= 15 is 0 Å². The third kappa shape index (κ3) is 38.5. The van der Waals surface area contributed by atoms with E-state index in [1.165, 1.54) is 103 Å². The van der Waals surface area contributed by atoms with Crippen molar-refractivity contribution in [3.63, 3.8) is 0 Å². The molecule has 0 aliphatic heterocycles. The van der Waals surface area contributed by atoms with Gasteiger partial charge in [0.1, 0.15) is 0 Å². The van der Waals surface area contributed by atoms with Gasteiger partial charge in [-0.25, -0.2) is 0 Å². The maximum absolute atomic E-state index is 13.0. The molecule has 8 heteroatoms. The fourth-order valence-electron chi connectivity index (χ4n) is 8.48. The molecular formula is C52H104N2O6. The Morgan fingerprint density at radius 2 is 0.600 bits per heavy atom. The minimum Gasteiger partial charge on any atom is -0.465 e. The molecule has 0 heterocycles. The highest BCUT2D eigenvalue weighted by Gasteiger charge is 2.20.